The summed E-state index contributed by atoms with van der Waals surface area (Å²) in [5.74, 6) is 0.757. The summed E-state index contributed by atoms with van der Waals surface area (Å²) in [5.41, 5.74) is 8.48. The highest BCUT2D eigenvalue weighted by Crippen LogP contribution is 2.35. The van der Waals surface area contributed by atoms with Gasteiger partial charge in [0.1, 0.15) is 0 Å². The van der Waals surface area contributed by atoms with E-state index in [2.05, 4.69) is 52.9 Å². The molecule has 0 aliphatic heterocycles. The lowest BCUT2D eigenvalue weighted by Gasteiger charge is -2.26. The van der Waals surface area contributed by atoms with Gasteiger partial charge in [0.25, 0.3) is 0 Å². The van der Waals surface area contributed by atoms with E-state index in [-0.39, 0.29) is 6.04 Å². The van der Waals surface area contributed by atoms with Crippen LogP contribution in [0.3, 0.4) is 0 Å². The van der Waals surface area contributed by atoms with Gasteiger partial charge in [-0.1, -0.05) is 35.8 Å². The van der Waals surface area contributed by atoms with Crippen molar-refractivity contribution in [2.75, 3.05) is 11.4 Å². The number of benzene rings is 1. The molecule has 1 aliphatic rings. The molecular weight excluding hydrogens is 300 g/mol. The minimum atomic E-state index is 0.0773. The third-order valence-electron chi connectivity index (χ3n) is 3.74. The van der Waals surface area contributed by atoms with Crippen molar-refractivity contribution in [3.8, 4) is 0 Å². The summed E-state index contributed by atoms with van der Waals surface area (Å²) < 4.78 is 1.13. The van der Waals surface area contributed by atoms with Crippen LogP contribution in [0.15, 0.2) is 22.7 Å². The summed E-state index contributed by atoms with van der Waals surface area (Å²) in [6, 6.07) is 7.45. The van der Waals surface area contributed by atoms with Crippen LogP contribution in [0.1, 0.15) is 51.6 Å². The molecule has 1 aliphatic carbocycles. The van der Waals surface area contributed by atoms with Crippen LogP contribution in [0.25, 0.3) is 0 Å². The lowest BCUT2D eigenvalue weighted by molar-refractivity contribution is 0.570. The van der Waals surface area contributed by atoms with Gasteiger partial charge in [-0.25, -0.2) is 0 Å². The number of nitrogens with two attached hydrogens (primary N) is 1. The Kier molecular flexibility index (Phi) is 4.91. The predicted molar refractivity (Wildman–Crippen MR) is 86.6 cm³/mol. The summed E-state index contributed by atoms with van der Waals surface area (Å²) >= 11 is 3.66. The smallest absolute Gasteiger partial charge is 0.0380 e. The third kappa shape index (κ3) is 3.96. The molecule has 1 saturated carbocycles. The molecule has 0 amide bonds. The van der Waals surface area contributed by atoms with Gasteiger partial charge in [-0.3, -0.25) is 0 Å². The molecule has 0 bridgehead atoms. The second kappa shape index (κ2) is 6.27. The number of rotatable bonds is 6. The molecule has 0 spiro atoms. The van der Waals surface area contributed by atoms with Gasteiger partial charge in [0.05, 0.1) is 0 Å². The Morgan fingerprint density at radius 3 is 2.47 bits per heavy atom. The molecule has 2 nitrogen and oxygen atoms in total. The predicted octanol–water partition coefficient (Wildman–Crippen LogP) is 4.48. The fourth-order valence-corrected chi connectivity index (χ4v) is 3.10. The second-order valence-electron chi connectivity index (χ2n) is 6.10. The van der Waals surface area contributed by atoms with E-state index in [1.165, 1.54) is 30.5 Å². The normalized spacial score (nSPS) is 16.7. The highest BCUT2D eigenvalue weighted by Gasteiger charge is 2.29. The Morgan fingerprint density at radius 2 is 2.00 bits per heavy atom. The second-order valence-corrected chi connectivity index (χ2v) is 6.96. The summed E-state index contributed by atoms with van der Waals surface area (Å²) in [5, 5.41) is 0. The van der Waals surface area contributed by atoms with Crippen molar-refractivity contribution in [1.29, 1.82) is 0 Å². The lowest BCUT2D eigenvalue weighted by atomic mass is 10.1. The monoisotopic (exact) mass is 324 g/mol. The zero-order valence-electron chi connectivity index (χ0n) is 12.2. The van der Waals surface area contributed by atoms with Crippen molar-refractivity contribution in [2.45, 2.75) is 52.1 Å². The van der Waals surface area contributed by atoms with Crippen molar-refractivity contribution in [1.82, 2.24) is 0 Å². The number of hydrogen-bond donors (Lipinski definition) is 1. The van der Waals surface area contributed by atoms with Crippen molar-refractivity contribution < 1.29 is 0 Å². The number of anilines is 1. The van der Waals surface area contributed by atoms with Crippen LogP contribution in [0, 0.1) is 5.92 Å². The van der Waals surface area contributed by atoms with Gasteiger partial charge in [-0.05, 0) is 49.8 Å². The molecule has 1 aromatic carbocycles. The fraction of sp³-hybridized carbons (Fsp3) is 0.625. The summed E-state index contributed by atoms with van der Waals surface area (Å²) in [7, 11) is 0. The van der Waals surface area contributed by atoms with Gasteiger partial charge in [0.2, 0.25) is 0 Å². The molecule has 2 N–H and O–H groups in total. The molecule has 1 aromatic rings. The van der Waals surface area contributed by atoms with Gasteiger partial charge in [0.15, 0.2) is 0 Å². The summed E-state index contributed by atoms with van der Waals surface area (Å²) in [4.78, 5) is 2.57. The van der Waals surface area contributed by atoms with E-state index in [0.717, 1.165) is 23.0 Å². The minimum Gasteiger partial charge on any atom is -0.369 e. The van der Waals surface area contributed by atoms with Gasteiger partial charge in [0, 0.05) is 28.8 Å². The topological polar surface area (TPSA) is 29.3 Å². The first-order valence-electron chi connectivity index (χ1n) is 7.30. The van der Waals surface area contributed by atoms with Crippen LogP contribution in [-0.4, -0.2) is 12.6 Å². The maximum atomic E-state index is 5.97. The Balaban J connectivity index is 2.15. The molecule has 0 aromatic heterocycles. The Morgan fingerprint density at radius 1 is 1.32 bits per heavy atom. The number of nitrogens with zero attached hydrogens (tertiary/aromatic N) is 1. The van der Waals surface area contributed by atoms with E-state index >= 15 is 0 Å². The van der Waals surface area contributed by atoms with Crippen molar-refractivity contribution in [3.63, 3.8) is 0 Å². The Labute approximate surface area is 125 Å². The van der Waals surface area contributed by atoms with Gasteiger partial charge in [-0.15, -0.1) is 0 Å². The Hall–Kier alpha value is -0.540. The number of hydrogen-bond acceptors (Lipinski definition) is 2. The molecule has 1 fully saturated rings. The van der Waals surface area contributed by atoms with E-state index in [1.807, 2.05) is 6.92 Å². The van der Waals surface area contributed by atoms with Crippen molar-refractivity contribution >= 4 is 21.6 Å². The van der Waals surface area contributed by atoms with Crippen LogP contribution in [0.2, 0.25) is 0 Å². The zero-order valence-corrected chi connectivity index (χ0v) is 13.8. The lowest BCUT2D eigenvalue weighted by Crippen LogP contribution is -2.27. The standard InChI is InChI=1S/C16H25BrN2/c1-11(2)8-9-19(13-4-5-13)14-6-7-15(12(3)18)16(17)10-14/h6-7,10-13H,4-5,8-9,18H2,1-3H3/t12-/m0/s1. The fourth-order valence-electron chi connectivity index (χ4n) is 2.37. The van der Waals surface area contributed by atoms with Crippen LogP contribution in [-0.2, 0) is 0 Å². The maximum Gasteiger partial charge on any atom is 0.0380 e. The summed E-state index contributed by atoms with van der Waals surface area (Å²) in [6.45, 7) is 7.77. The van der Waals surface area contributed by atoms with Crippen LogP contribution >= 0.6 is 15.9 Å². The maximum absolute atomic E-state index is 5.97. The first kappa shape index (κ1) is 14.9. The highest BCUT2D eigenvalue weighted by molar-refractivity contribution is 9.10. The third-order valence-corrected chi connectivity index (χ3v) is 4.43. The molecule has 3 heteroatoms. The van der Waals surface area contributed by atoms with E-state index in [4.69, 9.17) is 5.73 Å². The quantitative estimate of drug-likeness (QED) is 0.835. The van der Waals surface area contributed by atoms with Gasteiger partial charge in [-0.2, -0.15) is 0 Å². The van der Waals surface area contributed by atoms with Crippen LogP contribution in [0.4, 0.5) is 5.69 Å². The molecule has 0 heterocycles. The van der Waals surface area contributed by atoms with E-state index in [0.29, 0.717) is 0 Å². The molecule has 2 rings (SSSR count). The van der Waals surface area contributed by atoms with E-state index in [9.17, 15) is 0 Å². The zero-order chi connectivity index (χ0) is 14.0. The van der Waals surface area contributed by atoms with Crippen LogP contribution in [0.5, 0.6) is 0 Å². The SMILES string of the molecule is CC(C)CCN(c1ccc([C@H](C)N)c(Br)c1)C1CC1. The first-order chi connectivity index (χ1) is 8.99. The van der Waals surface area contributed by atoms with Gasteiger partial charge < -0.3 is 10.6 Å². The number of halogens is 1. The summed E-state index contributed by atoms with van der Waals surface area (Å²) in [6.07, 6.45) is 3.93. The minimum absolute atomic E-state index is 0.0773. The Bertz CT molecular complexity index is 425. The molecule has 1 atom stereocenters. The molecule has 19 heavy (non-hydrogen) atoms. The highest BCUT2D eigenvalue weighted by atomic mass is 79.9. The van der Waals surface area contributed by atoms with Crippen LogP contribution < -0.4 is 10.6 Å². The van der Waals surface area contributed by atoms with Crippen molar-refractivity contribution in [3.05, 3.63) is 28.2 Å². The molecule has 0 unspecified atom stereocenters. The van der Waals surface area contributed by atoms with E-state index in [1.54, 1.807) is 0 Å². The molecular formula is C16H25BrN2. The molecule has 106 valence electrons. The van der Waals surface area contributed by atoms with Gasteiger partial charge >= 0.3 is 0 Å². The van der Waals surface area contributed by atoms with Crippen molar-refractivity contribution in [2.24, 2.45) is 11.7 Å². The molecule has 0 radical (unpaired) electrons. The average Bonchev–Trinajstić information content (AvgIpc) is 3.13. The first-order valence-corrected chi connectivity index (χ1v) is 8.10. The molecule has 0 saturated heterocycles. The van der Waals surface area contributed by atoms with E-state index < -0.39 is 0 Å². The largest absolute Gasteiger partial charge is 0.369 e. The average molecular weight is 325 g/mol.